The molecule has 5 nitrogen and oxygen atoms in total. The van der Waals surface area contributed by atoms with E-state index in [0.29, 0.717) is 6.42 Å². The van der Waals surface area contributed by atoms with Crippen molar-refractivity contribution in [2.24, 2.45) is 5.41 Å². The van der Waals surface area contributed by atoms with E-state index in [1.54, 1.807) is 7.11 Å². The lowest BCUT2D eigenvalue weighted by Crippen LogP contribution is -2.61. The van der Waals surface area contributed by atoms with Gasteiger partial charge in [0.05, 0.1) is 11.8 Å². The van der Waals surface area contributed by atoms with Crippen LogP contribution >= 0.6 is 0 Å². The highest BCUT2D eigenvalue weighted by molar-refractivity contribution is 7.89. The lowest BCUT2D eigenvalue weighted by Gasteiger charge is -2.50. The van der Waals surface area contributed by atoms with Gasteiger partial charge in [-0.15, -0.1) is 0 Å². The monoisotopic (exact) mass is 302 g/mol. The molecule has 1 aliphatic rings. The van der Waals surface area contributed by atoms with Crippen LogP contribution in [0.15, 0.2) is 23.1 Å². The van der Waals surface area contributed by atoms with Crippen molar-refractivity contribution in [2.45, 2.75) is 37.3 Å². The summed E-state index contributed by atoms with van der Waals surface area (Å²) in [5, 5.41) is 0. The van der Waals surface area contributed by atoms with Gasteiger partial charge in [-0.25, -0.2) is 17.5 Å². The molecule has 1 aromatic rings. The molecular formula is C13H19FN2O3S. The van der Waals surface area contributed by atoms with Crippen molar-refractivity contribution >= 4 is 15.7 Å². The summed E-state index contributed by atoms with van der Waals surface area (Å²) in [5.74, 6) is -0.637. The van der Waals surface area contributed by atoms with E-state index >= 15 is 0 Å². The Morgan fingerprint density at radius 1 is 1.45 bits per heavy atom. The van der Waals surface area contributed by atoms with Crippen LogP contribution in [0.3, 0.4) is 0 Å². The van der Waals surface area contributed by atoms with Gasteiger partial charge in [-0.3, -0.25) is 0 Å². The fraction of sp³-hybridized carbons (Fsp3) is 0.538. The Bertz CT molecular complexity index is 616. The molecule has 2 rings (SSSR count). The van der Waals surface area contributed by atoms with Gasteiger partial charge >= 0.3 is 0 Å². The zero-order valence-corrected chi connectivity index (χ0v) is 12.5. The molecule has 2 atom stereocenters. The Balaban J connectivity index is 2.23. The number of nitrogens with two attached hydrogens (primary N) is 1. The molecule has 0 aromatic heterocycles. The molecule has 0 amide bonds. The van der Waals surface area contributed by atoms with Crippen LogP contribution in [0.2, 0.25) is 0 Å². The Morgan fingerprint density at radius 3 is 2.65 bits per heavy atom. The minimum atomic E-state index is -3.85. The molecule has 1 aliphatic carbocycles. The highest BCUT2D eigenvalue weighted by atomic mass is 32.2. The summed E-state index contributed by atoms with van der Waals surface area (Å²) in [5.41, 5.74) is 5.33. The quantitative estimate of drug-likeness (QED) is 0.826. The van der Waals surface area contributed by atoms with Gasteiger partial charge in [-0.05, 0) is 24.6 Å². The molecule has 0 aliphatic heterocycles. The molecule has 1 saturated carbocycles. The standard InChI is InChI=1S/C13H19FN2O3S/c1-13(2)11(7-12(13)19-3)16-20(17,18)10-6-8(14)4-5-9(10)15/h4-6,11-12,16H,7,15H2,1-3H3. The van der Waals surface area contributed by atoms with E-state index in [9.17, 15) is 12.8 Å². The van der Waals surface area contributed by atoms with Crippen LogP contribution in [-0.4, -0.2) is 27.7 Å². The first kappa shape index (κ1) is 15.2. The average molecular weight is 302 g/mol. The predicted octanol–water partition coefficient (Wildman–Crippen LogP) is 1.50. The average Bonchev–Trinajstić information content (AvgIpc) is 2.36. The number of anilines is 1. The molecule has 1 aromatic carbocycles. The normalized spacial score (nSPS) is 25.2. The molecule has 1 fully saturated rings. The molecule has 0 radical (unpaired) electrons. The first-order valence-corrected chi connectivity index (χ1v) is 7.77. The smallest absolute Gasteiger partial charge is 0.242 e. The second-order valence-corrected chi connectivity index (χ2v) is 7.32. The second kappa shape index (κ2) is 4.98. The summed E-state index contributed by atoms with van der Waals surface area (Å²) in [6, 6.07) is 3.04. The number of hydrogen-bond acceptors (Lipinski definition) is 4. The van der Waals surface area contributed by atoms with Gasteiger partial charge in [0.25, 0.3) is 0 Å². The van der Waals surface area contributed by atoms with E-state index in [2.05, 4.69) is 4.72 Å². The third-order valence-corrected chi connectivity index (χ3v) is 5.55. The fourth-order valence-corrected chi connectivity index (χ4v) is 4.02. The maximum Gasteiger partial charge on any atom is 0.242 e. The van der Waals surface area contributed by atoms with Crippen LogP contribution in [0.5, 0.6) is 0 Å². The van der Waals surface area contributed by atoms with Crippen molar-refractivity contribution in [3.8, 4) is 0 Å². The number of nitrogen functional groups attached to an aromatic ring is 1. The summed E-state index contributed by atoms with van der Waals surface area (Å²) < 4.78 is 45.6. The van der Waals surface area contributed by atoms with Gasteiger partial charge in [0, 0.05) is 18.6 Å². The van der Waals surface area contributed by atoms with Gasteiger partial charge in [0.2, 0.25) is 10.0 Å². The zero-order chi connectivity index (χ0) is 15.1. The van der Waals surface area contributed by atoms with Crippen molar-refractivity contribution in [1.82, 2.24) is 4.72 Å². The minimum absolute atomic E-state index is 0.0000522. The Hall–Kier alpha value is -1.18. The molecule has 2 unspecified atom stereocenters. The van der Waals surface area contributed by atoms with Crippen LogP contribution in [0.25, 0.3) is 0 Å². The van der Waals surface area contributed by atoms with Crippen LogP contribution < -0.4 is 10.5 Å². The van der Waals surface area contributed by atoms with Crippen molar-refractivity contribution in [3.05, 3.63) is 24.0 Å². The van der Waals surface area contributed by atoms with E-state index in [0.717, 1.165) is 12.1 Å². The SMILES string of the molecule is COC1CC(NS(=O)(=O)c2cc(F)ccc2N)C1(C)C. The first-order valence-electron chi connectivity index (χ1n) is 6.28. The van der Waals surface area contributed by atoms with Crippen molar-refractivity contribution < 1.29 is 17.5 Å². The molecule has 0 heterocycles. The van der Waals surface area contributed by atoms with E-state index in [4.69, 9.17) is 10.5 Å². The number of rotatable bonds is 4. The molecule has 112 valence electrons. The number of halogens is 1. The summed E-state index contributed by atoms with van der Waals surface area (Å²) in [4.78, 5) is -0.228. The second-order valence-electron chi connectivity index (χ2n) is 5.64. The molecule has 0 spiro atoms. The van der Waals surface area contributed by atoms with Crippen LogP contribution in [0, 0.1) is 11.2 Å². The highest BCUT2D eigenvalue weighted by Gasteiger charge is 2.50. The molecule has 0 saturated heterocycles. The van der Waals surface area contributed by atoms with E-state index < -0.39 is 15.8 Å². The number of nitrogens with one attached hydrogen (secondary N) is 1. The van der Waals surface area contributed by atoms with Crippen LogP contribution in [0.4, 0.5) is 10.1 Å². The molecule has 3 N–H and O–H groups in total. The maximum atomic E-state index is 13.2. The third-order valence-electron chi connectivity index (χ3n) is 4.02. The van der Waals surface area contributed by atoms with Crippen LogP contribution in [-0.2, 0) is 14.8 Å². The Kier molecular flexibility index (Phi) is 3.79. The fourth-order valence-electron chi connectivity index (χ4n) is 2.48. The summed E-state index contributed by atoms with van der Waals surface area (Å²) in [7, 11) is -2.25. The lowest BCUT2D eigenvalue weighted by molar-refractivity contribution is -0.0908. The largest absolute Gasteiger partial charge is 0.398 e. The van der Waals surface area contributed by atoms with Gasteiger partial charge in [0.1, 0.15) is 10.7 Å². The number of hydrogen-bond donors (Lipinski definition) is 2. The van der Waals surface area contributed by atoms with E-state index in [1.165, 1.54) is 6.07 Å². The molecule has 7 heteroatoms. The molecule has 20 heavy (non-hydrogen) atoms. The van der Waals surface area contributed by atoms with Gasteiger partial charge in [-0.1, -0.05) is 13.8 Å². The zero-order valence-electron chi connectivity index (χ0n) is 11.7. The van der Waals surface area contributed by atoms with Crippen molar-refractivity contribution in [3.63, 3.8) is 0 Å². The topological polar surface area (TPSA) is 81.4 Å². The number of benzene rings is 1. The highest BCUT2D eigenvalue weighted by Crippen LogP contribution is 2.43. The van der Waals surface area contributed by atoms with E-state index in [-0.39, 0.29) is 28.1 Å². The van der Waals surface area contributed by atoms with Gasteiger partial charge < -0.3 is 10.5 Å². The van der Waals surface area contributed by atoms with Gasteiger partial charge in [-0.2, -0.15) is 0 Å². The third kappa shape index (κ3) is 2.53. The summed E-state index contributed by atoms with van der Waals surface area (Å²) in [6.07, 6.45) is 0.581. The number of sulfonamides is 1. The lowest BCUT2D eigenvalue weighted by atomic mass is 9.65. The molecule has 0 bridgehead atoms. The summed E-state index contributed by atoms with van der Waals surface area (Å²) >= 11 is 0. The number of methoxy groups -OCH3 is 1. The minimum Gasteiger partial charge on any atom is -0.398 e. The van der Waals surface area contributed by atoms with Crippen LogP contribution in [0.1, 0.15) is 20.3 Å². The predicted molar refractivity (Wildman–Crippen MR) is 74.1 cm³/mol. The maximum absolute atomic E-state index is 13.2. The van der Waals surface area contributed by atoms with Crippen molar-refractivity contribution in [1.29, 1.82) is 0 Å². The first-order chi connectivity index (χ1) is 9.18. The number of ether oxygens (including phenoxy) is 1. The summed E-state index contributed by atoms with van der Waals surface area (Å²) in [6.45, 7) is 3.85. The molecular weight excluding hydrogens is 283 g/mol. The van der Waals surface area contributed by atoms with Crippen molar-refractivity contribution in [2.75, 3.05) is 12.8 Å². The Morgan fingerprint density at radius 2 is 2.10 bits per heavy atom. The van der Waals surface area contributed by atoms with Gasteiger partial charge in [0.15, 0.2) is 0 Å². The van der Waals surface area contributed by atoms with E-state index in [1.807, 2.05) is 13.8 Å². The Labute approximate surface area is 118 Å².